The highest BCUT2D eigenvalue weighted by Gasteiger charge is 2.38. The quantitative estimate of drug-likeness (QED) is 0.177. The zero-order chi connectivity index (χ0) is 29.3. The maximum absolute atomic E-state index is 13.7. The molecule has 10 nitrogen and oxygen atoms in total. The van der Waals surface area contributed by atoms with Crippen LogP contribution < -0.4 is 16.0 Å². The topological polar surface area (TPSA) is 131 Å². The molecule has 1 aliphatic heterocycles. The molecule has 2 atom stereocenters. The molecular formula is C30H47N5O5. The highest BCUT2D eigenvalue weighted by Crippen LogP contribution is 2.31. The number of anilines is 1. The first-order chi connectivity index (χ1) is 19.0. The molecule has 2 aliphatic rings. The number of benzene rings is 1. The first kappa shape index (κ1) is 31.5. The Morgan fingerprint density at radius 1 is 1.07 bits per heavy atom. The number of nitrogens with one attached hydrogen (secondary N) is 3. The monoisotopic (exact) mass is 557 g/mol. The van der Waals surface area contributed by atoms with Gasteiger partial charge in [-0.1, -0.05) is 58.6 Å². The van der Waals surface area contributed by atoms with Gasteiger partial charge in [-0.2, -0.15) is 0 Å². The van der Waals surface area contributed by atoms with Crippen LogP contribution in [0.5, 0.6) is 0 Å². The van der Waals surface area contributed by atoms with E-state index in [1.807, 2.05) is 49.9 Å². The number of likely N-dealkylation sites (tertiary alicyclic amines) is 1. The Morgan fingerprint density at radius 2 is 1.70 bits per heavy atom. The molecule has 0 bridgehead atoms. The second kappa shape index (κ2) is 14.6. The van der Waals surface area contributed by atoms with Crippen LogP contribution in [-0.4, -0.2) is 71.0 Å². The van der Waals surface area contributed by atoms with E-state index in [0.717, 1.165) is 49.8 Å². The molecule has 2 fully saturated rings. The number of rotatable bonds is 12. The Labute approximate surface area is 238 Å². The Kier molecular flexibility index (Phi) is 11.5. The number of carbonyl (C=O) groups excluding carboxylic acids is 4. The zero-order valence-electron chi connectivity index (χ0n) is 24.4. The standard InChI is InChI=1S/C30H47N5O5/c1-21(37)32-26-11-9-23(10-12-26)18-31-25-13-15-34(16-14-25)29(39)27(30(2,3)4)33-28(38)24(19-35(40)20-36)17-22-7-5-6-8-22/h9-12,20,22,24-25,27,31,40H,5-8,13-19H2,1-4H3,(H,32,37)(H,33,38)/t24?,27-/m1/s1. The fourth-order valence-electron chi connectivity index (χ4n) is 5.75. The molecule has 1 heterocycles. The maximum Gasteiger partial charge on any atom is 0.245 e. The molecule has 0 aromatic heterocycles. The van der Waals surface area contributed by atoms with Crippen molar-refractivity contribution in [3.63, 3.8) is 0 Å². The van der Waals surface area contributed by atoms with E-state index in [0.29, 0.717) is 43.4 Å². The van der Waals surface area contributed by atoms with Crippen LogP contribution in [0.3, 0.4) is 0 Å². The van der Waals surface area contributed by atoms with E-state index in [2.05, 4.69) is 16.0 Å². The second-order valence-corrected chi connectivity index (χ2v) is 12.5. The number of hydrogen-bond acceptors (Lipinski definition) is 6. The summed E-state index contributed by atoms with van der Waals surface area (Å²) in [6.45, 7) is 9.13. The van der Waals surface area contributed by atoms with Gasteiger partial charge in [0, 0.05) is 38.3 Å². The van der Waals surface area contributed by atoms with E-state index in [9.17, 15) is 24.4 Å². The fourth-order valence-corrected chi connectivity index (χ4v) is 5.75. The minimum atomic E-state index is -0.707. The Balaban J connectivity index is 1.55. The summed E-state index contributed by atoms with van der Waals surface area (Å²) in [6, 6.07) is 7.31. The molecule has 10 heteroatoms. The van der Waals surface area contributed by atoms with E-state index in [1.54, 1.807) is 0 Å². The highest BCUT2D eigenvalue weighted by atomic mass is 16.5. The third-order valence-electron chi connectivity index (χ3n) is 8.07. The molecule has 1 unspecified atom stereocenters. The van der Waals surface area contributed by atoms with Crippen LogP contribution in [0.15, 0.2) is 24.3 Å². The molecule has 4 amide bonds. The van der Waals surface area contributed by atoms with Gasteiger partial charge >= 0.3 is 0 Å². The lowest BCUT2D eigenvalue weighted by Gasteiger charge is -2.39. The van der Waals surface area contributed by atoms with Crippen LogP contribution in [0.2, 0.25) is 0 Å². The second-order valence-electron chi connectivity index (χ2n) is 12.5. The number of hydrogen-bond donors (Lipinski definition) is 4. The molecule has 1 aliphatic carbocycles. The van der Waals surface area contributed by atoms with Gasteiger partial charge in [-0.05, 0) is 48.3 Å². The van der Waals surface area contributed by atoms with Crippen molar-refractivity contribution in [1.82, 2.24) is 20.6 Å². The third kappa shape index (κ3) is 9.59. The first-order valence-corrected chi connectivity index (χ1v) is 14.6. The van der Waals surface area contributed by atoms with Crippen LogP contribution in [-0.2, 0) is 25.7 Å². The summed E-state index contributed by atoms with van der Waals surface area (Å²) in [7, 11) is 0. The molecule has 1 aromatic carbocycles. The van der Waals surface area contributed by atoms with Crippen molar-refractivity contribution in [2.75, 3.05) is 25.0 Å². The molecule has 4 N–H and O–H groups in total. The minimum Gasteiger partial charge on any atom is -0.344 e. The molecule has 40 heavy (non-hydrogen) atoms. The average molecular weight is 558 g/mol. The van der Waals surface area contributed by atoms with Gasteiger partial charge < -0.3 is 20.9 Å². The van der Waals surface area contributed by atoms with Crippen molar-refractivity contribution in [2.45, 2.75) is 91.3 Å². The predicted molar refractivity (Wildman–Crippen MR) is 153 cm³/mol. The van der Waals surface area contributed by atoms with E-state index < -0.39 is 17.4 Å². The zero-order valence-corrected chi connectivity index (χ0v) is 24.4. The van der Waals surface area contributed by atoms with E-state index in [4.69, 9.17) is 0 Å². The van der Waals surface area contributed by atoms with Gasteiger partial charge in [0.05, 0.1) is 12.5 Å². The van der Waals surface area contributed by atoms with Crippen LogP contribution in [0.4, 0.5) is 5.69 Å². The highest BCUT2D eigenvalue weighted by molar-refractivity contribution is 5.89. The summed E-state index contributed by atoms with van der Waals surface area (Å²) in [5.74, 6) is -0.663. The number of piperidine rings is 1. The van der Waals surface area contributed by atoms with Gasteiger partial charge in [0.15, 0.2) is 0 Å². The Hall–Kier alpha value is -2.98. The molecule has 3 rings (SSSR count). The van der Waals surface area contributed by atoms with Gasteiger partial charge in [0.1, 0.15) is 6.04 Å². The lowest BCUT2D eigenvalue weighted by molar-refractivity contribution is -0.156. The van der Waals surface area contributed by atoms with E-state index in [1.165, 1.54) is 6.92 Å². The smallest absolute Gasteiger partial charge is 0.245 e. The SMILES string of the molecule is CC(=O)Nc1ccc(CNC2CCN(C(=O)[C@@H](NC(=O)C(CC3CCCC3)CN(O)C=O)C(C)(C)C)CC2)cc1. The normalized spacial score (nSPS) is 18.2. The molecule has 1 saturated carbocycles. The Morgan fingerprint density at radius 3 is 2.25 bits per heavy atom. The molecule has 222 valence electrons. The van der Waals surface area contributed by atoms with Crippen molar-refractivity contribution in [2.24, 2.45) is 17.3 Å². The lowest BCUT2D eigenvalue weighted by Crippen LogP contribution is -2.58. The average Bonchev–Trinajstić information content (AvgIpc) is 3.43. The van der Waals surface area contributed by atoms with E-state index in [-0.39, 0.29) is 30.3 Å². The largest absolute Gasteiger partial charge is 0.344 e. The molecular weight excluding hydrogens is 510 g/mol. The number of nitrogens with zero attached hydrogens (tertiary/aromatic N) is 2. The first-order valence-electron chi connectivity index (χ1n) is 14.6. The number of amides is 4. The molecule has 1 saturated heterocycles. The van der Waals surface area contributed by atoms with Crippen LogP contribution in [0.25, 0.3) is 0 Å². The molecule has 0 radical (unpaired) electrons. The summed E-state index contributed by atoms with van der Waals surface area (Å²) in [5, 5.41) is 19.7. The van der Waals surface area contributed by atoms with Crippen molar-refractivity contribution in [3.8, 4) is 0 Å². The number of carbonyl (C=O) groups is 4. The fraction of sp³-hybridized carbons (Fsp3) is 0.667. The third-order valence-corrected chi connectivity index (χ3v) is 8.07. The van der Waals surface area contributed by atoms with Crippen molar-refractivity contribution < 1.29 is 24.4 Å². The summed E-state index contributed by atoms with van der Waals surface area (Å²) >= 11 is 0. The summed E-state index contributed by atoms with van der Waals surface area (Å²) in [6.07, 6.45) is 6.89. The minimum absolute atomic E-state index is 0.0794. The van der Waals surface area contributed by atoms with Crippen molar-refractivity contribution in [1.29, 1.82) is 0 Å². The maximum atomic E-state index is 13.7. The van der Waals surface area contributed by atoms with Gasteiger partial charge in [0.2, 0.25) is 24.1 Å². The van der Waals surface area contributed by atoms with Crippen molar-refractivity contribution >= 4 is 29.8 Å². The van der Waals surface area contributed by atoms with E-state index >= 15 is 0 Å². The van der Waals surface area contributed by atoms with Gasteiger partial charge in [-0.3, -0.25) is 24.4 Å². The summed E-state index contributed by atoms with van der Waals surface area (Å²) in [4.78, 5) is 51.2. The lowest BCUT2D eigenvalue weighted by atomic mass is 9.84. The number of hydroxylamine groups is 2. The van der Waals surface area contributed by atoms with Gasteiger partial charge in [-0.25, -0.2) is 5.06 Å². The van der Waals surface area contributed by atoms with Crippen molar-refractivity contribution in [3.05, 3.63) is 29.8 Å². The predicted octanol–water partition coefficient (Wildman–Crippen LogP) is 3.30. The summed E-state index contributed by atoms with van der Waals surface area (Å²) in [5.41, 5.74) is 1.38. The van der Waals surface area contributed by atoms with Crippen LogP contribution in [0.1, 0.15) is 78.2 Å². The molecule has 0 spiro atoms. The van der Waals surface area contributed by atoms with Crippen LogP contribution in [0, 0.1) is 17.3 Å². The Bertz CT molecular complexity index is 995. The van der Waals surface area contributed by atoms with Gasteiger partial charge in [0.25, 0.3) is 0 Å². The summed E-state index contributed by atoms with van der Waals surface area (Å²) < 4.78 is 0. The molecule has 1 aromatic rings. The van der Waals surface area contributed by atoms with Crippen LogP contribution >= 0.6 is 0 Å². The van der Waals surface area contributed by atoms with Gasteiger partial charge in [-0.15, -0.1) is 0 Å².